The number of hydrogen-bond acceptors (Lipinski definition) is 5. The molecule has 0 aliphatic heterocycles. The predicted molar refractivity (Wildman–Crippen MR) is 103 cm³/mol. The molecule has 0 aliphatic rings. The van der Waals surface area contributed by atoms with E-state index in [1.807, 2.05) is 0 Å². The van der Waals surface area contributed by atoms with Crippen LogP contribution < -0.4 is 10.1 Å². The lowest BCUT2D eigenvalue weighted by Gasteiger charge is -2.16. The minimum absolute atomic E-state index is 0.0129. The molecule has 0 bridgehead atoms. The smallest absolute Gasteiger partial charge is 0.248 e. The maximum absolute atomic E-state index is 12.5. The number of rotatable bonds is 7. The van der Waals surface area contributed by atoms with Gasteiger partial charge in [0.05, 0.1) is 6.61 Å². The summed E-state index contributed by atoms with van der Waals surface area (Å²) in [6.45, 7) is 2.09. The summed E-state index contributed by atoms with van der Waals surface area (Å²) >= 11 is 3.18. The topological polar surface area (TPSA) is 88.8 Å². The van der Waals surface area contributed by atoms with Crippen molar-refractivity contribution in [3.63, 3.8) is 0 Å². The van der Waals surface area contributed by atoms with Crippen LogP contribution in [0.15, 0.2) is 50.4 Å². The van der Waals surface area contributed by atoms with E-state index in [1.165, 1.54) is 38.4 Å². The minimum atomic E-state index is -3.72. The van der Waals surface area contributed by atoms with E-state index >= 15 is 0 Å². The third kappa shape index (κ3) is 4.96. The summed E-state index contributed by atoms with van der Waals surface area (Å²) in [5, 5.41) is 2.62. The second-order valence-electron chi connectivity index (χ2n) is 5.35. The number of amides is 1. The summed E-state index contributed by atoms with van der Waals surface area (Å²) in [6, 6.07) is 7.88. The monoisotopic (exact) mass is 442 g/mol. The molecule has 2 rings (SSSR count). The van der Waals surface area contributed by atoms with Gasteiger partial charge in [0.1, 0.15) is 16.4 Å². The van der Waals surface area contributed by atoms with Crippen molar-refractivity contribution in [3.8, 4) is 5.75 Å². The molecule has 1 heterocycles. The fourth-order valence-corrected chi connectivity index (χ4v) is 3.39. The minimum Gasteiger partial charge on any atom is -0.492 e. The number of carbonyl (C=O) groups excluding carboxylic acids is 1. The van der Waals surface area contributed by atoms with Crippen LogP contribution in [0.1, 0.15) is 12.7 Å². The highest BCUT2D eigenvalue weighted by Crippen LogP contribution is 2.29. The molecule has 1 aromatic heterocycles. The Balaban J connectivity index is 2.24. The summed E-state index contributed by atoms with van der Waals surface area (Å²) < 4.78 is 37.3. The van der Waals surface area contributed by atoms with Crippen LogP contribution in [0.4, 0.5) is 5.69 Å². The van der Waals surface area contributed by atoms with Crippen LogP contribution >= 0.6 is 15.9 Å². The number of halogens is 1. The van der Waals surface area contributed by atoms with Crippen molar-refractivity contribution >= 4 is 43.6 Å². The average molecular weight is 443 g/mol. The molecule has 0 spiro atoms. The van der Waals surface area contributed by atoms with Crippen LogP contribution in [-0.2, 0) is 14.8 Å². The average Bonchev–Trinajstić information content (AvgIpc) is 3.00. The molecule has 0 saturated heterocycles. The first-order valence-electron chi connectivity index (χ1n) is 7.68. The summed E-state index contributed by atoms with van der Waals surface area (Å²) in [5.74, 6) is 0.319. The van der Waals surface area contributed by atoms with E-state index in [0.717, 1.165) is 4.31 Å². The zero-order chi connectivity index (χ0) is 19.3. The van der Waals surface area contributed by atoms with Crippen LogP contribution in [0.25, 0.3) is 6.08 Å². The Morgan fingerprint density at radius 1 is 1.31 bits per heavy atom. The molecule has 1 amide bonds. The SMILES string of the molecule is CCOc1ccc(NC(=O)/C=C/c2ccc(Br)o2)cc1S(=O)(=O)N(C)C. The molecular formula is C17H19BrN2O5S. The summed E-state index contributed by atoms with van der Waals surface area (Å²) in [4.78, 5) is 12.0. The zero-order valence-corrected chi connectivity index (χ0v) is 16.9. The number of furan rings is 1. The Hall–Kier alpha value is -2.10. The molecule has 0 aliphatic carbocycles. The van der Waals surface area contributed by atoms with Gasteiger partial charge in [-0.25, -0.2) is 12.7 Å². The lowest BCUT2D eigenvalue weighted by Crippen LogP contribution is -2.23. The highest BCUT2D eigenvalue weighted by Gasteiger charge is 2.23. The first kappa shape index (κ1) is 20.2. The third-order valence-corrected chi connectivity index (χ3v) is 5.53. The third-order valence-electron chi connectivity index (χ3n) is 3.26. The number of carbonyl (C=O) groups is 1. The molecule has 0 saturated carbocycles. The van der Waals surface area contributed by atoms with Crippen molar-refractivity contribution in [1.82, 2.24) is 4.31 Å². The quantitative estimate of drug-likeness (QED) is 0.664. The van der Waals surface area contributed by atoms with Gasteiger partial charge in [-0.1, -0.05) is 0 Å². The van der Waals surface area contributed by atoms with Gasteiger partial charge < -0.3 is 14.5 Å². The molecule has 0 unspecified atom stereocenters. The van der Waals surface area contributed by atoms with Crippen molar-refractivity contribution in [3.05, 3.63) is 46.8 Å². The number of benzene rings is 1. The van der Waals surface area contributed by atoms with Gasteiger partial charge in [0.2, 0.25) is 15.9 Å². The number of anilines is 1. The van der Waals surface area contributed by atoms with E-state index in [-0.39, 0.29) is 10.6 Å². The van der Waals surface area contributed by atoms with Crippen LogP contribution in [0.3, 0.4) is 0 Å². The Labute approximate surface area is 160 Å². The van der Waals surface area contributed by atoms with Gasteiger partial charge in [0, 0.05) is 25.9 Å². The molecule has 0 atom stereocenters. The summed E-state index contributed by atoms with van der Waals surface area (Å²) in [7, 11) is -0.860. The van der Waals surface area contributed by atoms with Gasteiger partial charge >= 0.3 is 0 Å². The van der Waals surface area contributed by atoms with Gasteiger partial charge in [-0.3, -0.25) is 4.79 Å². The highest BCUT2D eigenvalue weighted by molar-refractivity contribution is 9.10. The van der Waals surface area contributed by atoms with Gasteiger partial charge in [0.15, 0.2) is 4.67 Å². The van der Waals surface area contributed by atoms with Crippen LogP contribution in [-0.4, -0.2) is 39.3 Å². The van der Waals surface area contributed by atoms with Crippen molar-refractivity contribution in [2.45, 2.75) is 11.8 Å². The molecule has 1 aromatic carbocycles. The summed E-state index contributed by atoms with van der Waals surface area (Å²) in [5.41, 5.74) is 0.337. The number of hydrogen-bond donors (Lipinski definition) is 1. The molecule has 140 valence electrons. The Bertz CT molecular complexity index is 919. The van der Waals surface area contributed by atoms with Gasteiger partial charge in [-0.05, 0) is 59.3 Å². The Morgan fingerprint density at radius 3 is 2.62 bits per heavy atom. The Kier molecular flexibility index (Phi) is 6.63. The van der Waals surface area contributed by atoms with E-state index in [1.54, 1.807) is 25.1 Å². The lowest BCUT2D eigenvalue weighted by atomic mass is 10.3. The molecule has 0 radical (unpaired) electrons. The van der Waals surface area contributed by atoms with Gasteiger partial charge in [-0.2, -0.15) is 0 Å². The van der Waals surface area contributed by atoms with E-state index in [2.05, 4.69) is 21.2 Å². The molecule has 1 N–H and O–H groups in total. The van der Waals surface area contributed by atoms with Crippen molar-refractivity contribution < 1.29 is 22.4 Å². The number of sulfonamides is 1. The Morgan fingerprint density at radius 2 is 2.04 bits per heavy atom. The number of ether oxygens (including phenoxy) is 1. The number of nitrogens with zero attached hydrogens (tertiary/aromatic N) is 1. The maximum Gasteiger partial charge on any atom is 0.248 e. The molecule has 26 heavy (non-hydrogen) atoms. The molecule has 9 heteroatoms. The first-order valence-corrected chi connectivity index (χ1v) is 9.91. The fourth-order valence-electron chi connectivity index (χ4n) is 2.02. The van der Waals surface area contributed by atoms with Crippen molar-refractivity contribution in [1.29, 1.82) is 0 Å². The van der Waals surface area contributed by atoms with Gasteiger partial charge in [0.25, 0.3) is 0 Å². The zero-order valence-electron chi connectivity index (χ0n) is 14.5. The van der Waals surface area contributed by atoms with Crippen molar-refractivity contribution in [2.75, 3.05) is 26.0 Å². The fraction of sp³-hybridized carbons (Fsp3) is 0.235. The van der Waals surface area contributed by atoms with E-state index < -0.39 is 15.9 Å². The van der Waals surface area contributed by atoms with Gasteiger partial charge in [-0.15, -0.1) is 0 Å². The van der Waals surface area contributed by atoms with Crippen LogP contribution in [0.5, 0.6) is 5.75 Å². The molecule has 2 aromatic rings. The standard InChI is InChI=1S/C17H19BrN2O5S/c1-4-24-14-8-5-12(11-15(14)26(22,23)20(2)3)19-17(21)10-7-13-6-9-16(18)25-13/h5-11H,4H2,1-3H3,(H,19,21)/b10-7+. The lowest BCUT2D eigenvalue weighted by molar-refractivity contribution is -0.111. The molecular weight excluding hydrogens is 424 g/mol. The maximum atomic E-state index is 12.5. The van der Waals surface area contributed by atoms with Crippen LogP contribution in [0.2, 0.25) is 0 Å². The van der Waals surface area contributed by atoms with Crippen molar-refractivity contribution in [2.24, 2.45) is 0 Å². The summed E-state index contributed by atoms with van der Waals surface area (Å²) in [6.07, 6.45) is 2.80. The second-order valence-corrected chi connectivity index (χ2v) is 8.25. The molecule has 7 nitrogen and oxygen atoms in total. The first-order chi connectivity index (χ1) is 12.2. The van der Waals surface area contributed by atoms with E-state index in [0.29, 0.717) is 22.7 Å². The molecule has 0 fully saturated rings. The van der Waals surface area contributed by atoms with Crippen LogP contribution in [0, 0.1) is 0 Å². The normalized spacial score (nSPS) is 11.9. The predicted octanol–water partition coefficient (Wildman–Crippen LogP) is 3.34. The number of nitrogens with one attached hydrogen (secondary N) is 1. The second kappa shape index (κ2) is 8.52. The van der Waals surface area contributed by atoms with E-state index in [4.69, 9.17) is 9.15 Å². The van der Waals surface area contributed by atoms with E-state index in [9.17, 15) is 13.2 Å². The highest BCUT2D eigenvalue weighted by atomic mass is 79.9. The largest absolute Gasteiger partial charge is 0.492 e.